The van der Waals surface area contributed by atoms with E-state index in [1.165, 1.54) is 11.6 Å². The Morgan fingerprint density at radius 1 is 1.53 bits per heavy atom. The molecule has 0 radical (unpaired) electrons. The lowest BCUT2D eigenvalue weighted by Crippen LogP contribution is -2.06. The third kappa shape index (κ3) is 2.54. The average molecular weight is 274 g/mol. The maximum absolute atomic E-state index is 12.0. The van der Waals surface area contributed by atoms with E-state index in [2.05, 4.69) is 14.7 Å². The Hall–Kier alpha value is -1.25. The van der Waals surface area contributed by atoms with Crippen LogP contribution in [0.15, 0.2) is 20.5 Å². The van der Waals surface area contributed by atoms with Crippen molar-refractivity contribution in [1.82, 2.24) is 10.1 Å². The number of hydrogen-bond donors (Lipinski definition) is 1. The molecule has 0 saturated heterocycles. The number of nitrogens with zero attached hydrogens (tertiary/aromatic N) is 2. The third-order valence-electron chi connectivity index (χ3n) is 2.13. The first kappa shape index (κ1) is 12.2. The molecule has 0 saturated carbocycles. The zero-order chi connectivity index (χ0) is 12.5. The molecule has 0 aliphatic rings. The summed E-state index contributed by atoms with van der Waals surface area (Å²) in [5.41, 5.74) is 1.42. The molecular formula is C9H10N2O4S2. The van der Waals surface area contributed by atoms with Crippen LogP contribution in [-0.4, -0.2) is 23.7 Å². The van der Waals surface area contributed by atoms with Crippen LogP contribution < -0.4 is 0 Å². The van der Waals surface area contributed by atoms with Crippen molar-refractivity contribution < 1.29 is 18.0 Å². The van der Waals surface area contributed by atoms with E-state index in [-0.39, 0.29) is 16.7 Å². The van der Waals surface area contributed by atoms with Gasteiger partial charge in [-0.1, -0.05) is 5.16 Å². The van der Waals surface area contributed by atoms with E-state index in [0.717, 1.165) is 11.3 Å². The van der Waals surface area contributed by atoms with E-state index < -0.39 is 9.84 Å². The largest absolute Gasteiger partial charge is 0.390 e. The van der Waals surface area contributed by atoms with Gasteiger partial charge in [-0.05, 0) is 6.92 Å². The van der Waals surface area contributed by atoms with Gasteiger partial charge in [0.1, 0.15) is 17.7 Å². The van der Waals surface area contributed by atoms with Crippen molar-refractivity contribution >= 4 is 21.2 Å². The van der Waals surface area contributed by atoms with Crippen LogP contribution in [0.5, 0.6) is 0 Å². The first-order valence-electron chi connectivity index (χ1n) is 4.71. The second-order valence-corrected chi connectivity index (χ2v) is 6.49. The van der Waals surface area contributed by atoms with Crippen LogP contribution in [0, 0.1) is 6.92 Å². The Bertz CT molecular complexity index is 614. The summed E-state index contributed by atoms with van der Waals surface area (Å²) in [6.45, 7) is 1.46. The molecule has 0 amide bonds. The van der Waals surface area contributed by atoms with E-state index in [4.69, 9.17) is 5.11 Å². The molecule has 6 nitrogen and oxygen atoms in total. The van der Waals surface area contributed by atoms with E-state index in [1.807, 2.05) is 0 Å². The minimum absolute atomic E-state index is 0.0102. The number of rotatable bonds is 4. The van der Waals surface area contributed by atoms with Crippen molar-refractivity contribution in [1.29, 1.82) is 0 Å². The van der Waals surface area contributed by atoms with E-state index in [1.54, 1.807) is 6.92 Å². The molecule has 92 valence electrons. The van der Waals surface area contributed by atoms with Crippen LogP contribution >= 0.6 is 11.3 Å². The molecular weight excluding hydrogens is 264 g/mol. The average Bonchev–Trinajstić information content (AvgIpc) is 2.88. The third-order valence-corrected chi connectivity index (χ3v) is 5.14. The fraction of sp³-hybridized carbons (Fsp3) is 0.333. The summed E-state index contributed by atoms with van der Waals surface area (Å²) in [7, 11) is -3.52. The lowest BCUT2D eigenvalue weighted by molar-refractivity contribution is 0.277. The van der Waals surface area contributed by atoms with Crippen LogP contribution in [0.3, 0.4) is 0 Å². The number of aliphatic hydroxyl groups is 1. The molecule has 0 atom stereocenters. The molecule has 0 spiro atoms. The number of aryl methyl sites for hydroxylation is 1. The lowest BCUT2D eigenvalue weighted by Gasteiger charge is -1.97. The number of sulfone groups is 1. The molecule has 2 aromatic rings. The van der Waals surface area contributed by atoms with Crippen molar-refractivity contribution in [2.24, 2.45) is 0 Å². The van der Waals surface area contributed by atoms with Crippen molar-refractivity contribution in [2.75, 3.05) is 0 Å². The standard InChI is InChI=1S/C9H10N2O4S2/c1-6-3-15-11-8(6)5-17(13,14)9-10-7(2-12)4-16-9/h3-4,12H,2,5H2,1H3. The van der Waals surface area contributed by atoms with Gasteiger partial charge in [-0.25, -0.2) is 13.4 Å². The summed E-state index contributed by atoms with van der Waals surface area (Å²) >= 11 is 0.991. The van der Waals surface area contributed by atoms with E-state index >= 15 is 0 Å². The molecule has 0 fully saturated rings. The van der Waals surface area contributed by atoms with Crippen LogP contribution in [0.2, 0.25) is 0 Å². The molecule has 0 bridgehead atoms. The molecule has 0 unspecified atom stereocenters. The highest BCUT2D eigenvalue weighted by atomic mass is 32.2. The fourth-order valence-electron chi connectivity index (χ4n) is 1.19. The lowest BCUT2D eigenvalue weighted by atomic mass is 10.3. The van der Waals surface area contributed by atoms with Crippen molar-refractivity contribution in [2.45, 2.75) is 23.6 Å². The van der Waals surface area contributed by atoms with Crippen molar-refractivity contribution in [3.8, 4) is 0 Å². The highest BCUT2D eigenvalue weighted by Crippen LogP contribution is 2.21. The molecule has 2 aromatic heterocycles. The van der Waals surface area contributed by atoms with Crippen LogP contribution in [0.1, 0.15) is 17.0 Å². The number of aromatic nitrogens is 2. The summed E-state index contributed by atoms with van der Waals surface area (Å²) < 4.78 is 28.6. The van der Waals surface area contributed by atoms with Gasteiger partial charge in [-0.15, -0.1) is 11.3 Å². The maximum atomic E-state index is 12.0. The Morgan fingerprint density at radius 3 is 2.82 bits per heavy atom. The maximum Gasteiger partial charge on any atom is 0.211 e. The molecule has 8 heteroatoms. The number of hydrogen-bond acceptors (Lipinski definition) is 7. The van der Waals surface area contributed by atoms with Gasteiger partial charge in [-0.2, -0.15) is 0 Å². The number of thiazole rings is 1. The first-order chi connectivity index (χ1) is 8.03. The topological polar surface area (TPSA) is 93.3 Å². The first-order valence-corrected chi connectivity index (χ1v) is 7.24. The Balaban J connectivity index is 2.28. The van der Waals surface area contributed by atoms with Crippen LogP contribution in [0.4, 0.5) is 0 Å². The number of aliphatic hydroxyl groups excluding tert-OH is 1. The summed E-state index contributed by atoms with van der Waals surface area (Å²) in [6, 6.07) is 0. The quantitative estimate of drug-likeness (QED) is 0.890. The molecule has 2 rings (SSSR count). The van der Waals surface area contributed by atoms with Gasteiger partial charge in [0.2, 0.25) is 14.2 Å². The van der Waals surface area contributed by atoms with Crippen LogP contribution in [0.25, 0.3) is 0 Å². The van der Waals surface area contributed by atoms with Gasteiger partial charge in [0.25, 0.3) is 0 Å². The Kier molecular flexibility index (Phi) is 3.27. The Labute approximate surface area is 102 Å². The predicted octanol–water partition coefficient (Wildman–Crippen LogP) is 0.906. The second-order valence-electron chi connectivity index (χ2n) is 3.47. The van der Waals surface area contributed by atoms with E-state index in [9.17, 15) is 8.42 Å². The fourth-order valence-corrected chi connectivity index (χ4v) is 3.66. The van der Waals surface area contributed by atoms with Crippen LogP contribution in [-0.2, 0) is 22.2 Å². The van der Waals surface area contributed by atoms with E-state index in [0.29, 0.717) is 17.0 Å². The molecule has 2 heterocycles. The molecule has 0 aromatic carbocycles. The molecule has 0 aliphatic heterocycles. The zero-order valence-corrected chi connectivity index (χ0v) is 10.6. The van der Waals surface area contributed by atoms with Gasteiger partial charge < -0.3 is 9.63 Å². The van der Waals surface area contributed by atoms with Gasteiger partial charge >= 0.3 is 0 Å². The summed E-state index contributed by atoms with van der Waals surface area (Å²) in [6.07, 6.45) is 1.39. The van der Waals surface area contributed by atoms with Gasteiger partial charge in [0.15, 0.2) is 0 Å². The van der Waals surface area contributed by atoms with Gasteiger partial charge in [0, 0.05) is 10.9 Å². The predicted molar refractivity (Wildman–Crippen MR) is 60.2 cm³/mol. The Morgan fingerprint density at radius 2 is 2.29 bits per heavy atom. The molecule has 1 N–H and O–H groups in total. The minimum atomic E-state index is -3.52. The van der Waals surface area contributed by atoms with Gasteiger partial charge in [-0.3, -0.25) is 0 Å². The zero-order valence-electron chi connectivity index (χ0n) is 8.95. The normalized spacial score (nSPS) is 11.9. The monoisotopic (exact) mass is 274 g/mol. The van der Waals surface area contributed by atoms with Gasteiger partial charge in [0.05, 0.1) is 12.3 Å². The second kappa shape index (κ2) is 4.55. The SMILES string of the molecule is Cc1conc1CS(=O)(=O)c1nc(CO)cs1. The molecule has 0 aliphatic carbocycles. The summed E-state index contributed by atoms with van der Waals surface area (Å²) in [5, 5.41) is 14.0. The highest BCUT2D eigenvalue weighted by molar-refractivity contribution is 7.92. The summed E-state index contributed by atoms with van der Waals surface area (Å²) in [4.78, 5) is 3.83. The van der Waals surface area contributed by atoms with Crippen molar-refractivity contribution in [3.63, 3.8) is 0 Å². The smallest absolute Gasteiger partial charge is 0.211 e. The summed E-state index contributed by atoms with van der Waals surface area (Å²) in [5.74, 6) is -0.242. The minimum Gasteiger partial charge on any atom is -0.390 e. The highest BCUT2D eigenvalue weighted by Gasteiger charge is 2.22. The van der Waals surface area contributed by atoms with Crippen molar-refractivity contribution in [3.05, 3.63) is 28.6 Å². The molecule has 17 heavy (non-hydrogen) atoms.